The molecule has 0 spiro atoms. The molecule has 1 amide bonds. The zero-order valence-electron chi connectivity index (χ0n) is 14.3. The van der Waals surface area contributed by atoms with Gasteiger partial charge in [-0.25, -0.2) is 0 Å². The lowest BCUT2D eigenvalue weighted by Crippen LogP contribution is -2.50. The lowest BCUT2D eigenvalue weighted by Gasteiger charge is -2.28. The normalized spacial score (nSPS) is 22.2. The maximum Gasteiger partial charge on any atom is 0.228 e. The van der Waals surface area contributed by atoms with Gasteiger partial charge in [0.1, 0.15) is 16.4 Å². The highest BCUT2D eigenvalue weighted by Crippen LogP contribution is 2.59. The summed E-state index contributed by atoms with van der Waals surface area (Å²) in [5, 5.41) is 5.78. The second-order valence-electron chi connectivity index (χ2n) is 6.61. The molecule has 26 heavy (non-hydrogen) atoms. The van der Waals surface area contributed by atoms with Gasteiger partial charge in [0.05, 0.1) is 18.7 Å². The summed E-state index contributed by atoms with van der Waals surface area (Å²) in [6, 6.07) is 7.13. The molecule has 0 unspecified atom stereocenters. The lowest BCUT2D eigenvalue weighted by molar-refractivity contribution is -0.123. The van der Waals surface area contributed by atoms with Gasteiger partial charge in [0.25, 0.3) is 0 Å². The number of para-hydroxylation sites is 2. The van der Waals surface area contributed by atoms with Crippen LogP contribution >= 0.6 is 58.0 Å². The molecule has 2 rings (SSSR count). The Kier molecular flexibility index (Phi) is 6.90. The summed E-state index contributed by atoms with van der Waals surface area (Å²) in [5.74, 6) is -0.119. The number of methoxy groups -OCH3 is 1. The van der Waals surface area contributed by atoms with Crippen LogP contribution in [-0.4, -0.2) is 23.0 Å². The molecule has 1 aromatic carbocycles. The largest absolute Gasteiger partial charge is 0.495 e. The van der Waals surface area contributed by atoms with Crippen molar-refractivity contribution in [2.24, 2.45) is 17.3 Å². The third kappa shape index (κ3) is 5.05. The Labute approximate surface area is 178 Å². The first-order valence-corrected chi connectivity index (χ1v) is 9.67. The molecule has 2 N–H and O–H groups in total. The quantitative estimate of drug-likeness (QED) is 0.435. The van der Waals surface area contributed by atoms with Crippen LogP contribution in [0.5, 0.6) is 5.75 Å². The Hall–Kier alpha value is -0.520. The van der Waals surface area contributed by atoms with Crippen molar-refractivity contribution >= 4 is 69.6 Å². The van der Waals surface area contributed by atoms with E-state index in [4.69, 9.17) is 62.7 Å². The van der Waals surface area contributed by atoms with Crippen LogP contribution in [0.1, 0.15) is 13.8 Å². The van der Waals surface area contributed by atoms with Crippen molar-refractivity contribution in [2.45, 2.75) is 23.8 Å². The fourth-order valence-corrected chi connectivity index (χ4v) is 3.58. The minimum Gasteiger partial charge on any atom is -0.495 e. The minimum absolute atomic E-state index is 0.0882. The average Bonchev–Trinajstić information content (AvgIpc) is 3.05. The van der Waals surface area contributed by atoms with Gasteiger partial charge in [0.2, 0.25) is 9.70 Å². The zero-order valence-corrected chi connectivity index (χ0v) is 18.1. The van der Waals surface area contributed by atoms with E-state index < -0.39 is 9.96 Å². The summed E-state index contributed by atoms with van der Waals surface area (Å²) in [5.41, 5.74) is 0.295. The Morgan fingerprint density at radius 3 is 2.42 bits per heavy atom. The summed E-state index contributed by atoms with van der Waals surface area (Å²) in [7, 11) is 1.53. The van der Waals surface area contributed by atoms with E-state index in [1.807, 2.05) is 19.9 Å². The first kappa shape index (κ1) is 21.8. The Bertz CT molecular complexity index is 699. The van der Waals surface area contributed by atoms with E-state index in [-0.39, 0.29) is 27.6 Å². The van der Waals surface area contributed by atoms with Gasteiger partial charge < -0.3 is 15.4 Å². The van der Waals surface area contributed by atoms with Crippen LogP contribution < -0.4 is 15.4 Å². The third-order valence-corrected chi connectivity index (χ3v) is 5.43. The van der Waals surface area contributed by atoms with Crippen LogP contribution in [0.15, 0.2) is 34.8 Å². The molecule has 4 nitrogen and oxygen atoms in total. The number of carbonyl (C=O) groups is 1. The lowest BCUT2D eigenvalue weighted by atomic mass is 10.1. The number of amides is 1. The van der Waals surface area contributed by atoms with Crippen molar-refractivity contribution in [1.82, 2.24) is 5.32 Å². The Morgan fingerprint density at radius 2 is 1.88 bits per heavy atom. The zero-order chi connectivity index (χ0) is 19.7. The molecule has 1 fully saturated rings. The van der Waals surface area contributed by atoms with E-state index in [9.17, 15) is 4.79 Å². The summed E-state index contributed by atoms with van der Waals surface area (Å²) in [6.45, 7) is 3.90. The molecule has 0 bridgehead atoms. The molecule has 3 atom stereocenters. The van der Waals surface area contributed by atoms with Crippen molar-refractivity contribution in [1.29, 1.82) is 0 Å². The maximum absolute atomic E-state index is 12.7. The number of halogens is 5. The number of hydrogen-bond donors (Lipinski definition) is 2. The van der Waals surface area contributed by atoms with Crippen LogP contribution in [0, 0.1) is 17.3 Å². The first-order chi connectivity index (χ1) is 12.0. The van der Waals surface area contributed by atoms with E-state index in [1.54, 1.807) is 24.3 Å². The van der Waals surface area contributed by atoms with Crippen molar-refractivity contribution in [3.8, 4) is 5.75 Å². The van der Waals surface area contributed by atoms with Gasteiger partial charge in [-0.3, -0.25) is 4.79 Å². The number of carbonyl (C=O) groups excluding carboxylic acids is 1. The van der Waals surface area contributed by atoms with Crippen LogP contribution in [0.3, 0.4) is 0 Å². The number of anilines is 1. The fourth-order valence-electron chi connectivity index (χ4n) is 2.98. The molecule has 0 radical (unpaired) electrons. The second kappa shape index (κ2) is 8.24. The predicted octanol–water partition coefficient (Wildman–Crippen LogP) is 5.51. The molecule has 1 aliphatic carbocycles. The summed E-state index contributed by atoms with van der Waals surface area (Å²) >= 11 is 29.7. The monoisotopic (exact) mass is 458 g/mol. The highest BCUT2D eigenvalue weighted by molar-refractivity contribution is 6.68. The highest BCUT2D eigenvalue weighted by Gasteiger charge is 2.61. The predicted molar refractivity (Wildman–Crippen MR) is 109 cm³/mol. The maximum atomic E-state index is 12.7. The summed E-state index contributed by atoms with van der Waals surface area (Å²) in [6.07, 6.45) is 0.689. The number of ether oxygens (including phenoxy) is 1. The van der Waals surface area contributed by atoms with Gasteiger partial charge in [0, 0.05) is 0 Å². The standard InChI is InChI=1S/C17H19Cl5N2O2/c1-16(2)9(8-12(18)19)13(16)14(25)24-15(17(20,21)22)23-10-6-4-5-7-11(10)26-3/h4-9,13,15,23H,1-3H3,(H,24,25)/t9-,13+,15-/m1/s1. The van der Waals surface area contributed by atoms with Crippen molar-refractivity contribution in [3.63, 3.8) is 0 Å². The average molecular weight is 461 g/mol. The molecular formula is C17H19Cl5N2O2. The first-order valence-electron chi connectivity index (χ1n) is 7.78. The summed E-state index contributed by atoms with van der Waals surface area (Å²) < 4.78 is 3.62. The van der Waals surface area contributed by atoms with Crippen molar-refractivity contribution < 1.29 is 9.53 Å². The second-order valence-corrected chi connectivity index (χ2v) is 9.99. The van der Waals surface area contributed by atoms with Crippen LogP contribution in [0.25, 0.3) is 0 Å². The SMILES string of the molecule is COc1ccccc1N[C@H](NC(=O)[C@@H]1[C@@H](C=C(Cl)Cl)C1(C)C)C(Cl)(Cl)Cl. The molecule has 1 aliphatic rings. The minimum atomic E-state index is -1.79. The number of benzene rings is 1. The number of hydrogen-bond acceptors (Lipinski definition) is 3. The van der Waals surface area contributed by atoms with E-state index in [1.165, 1.54) is 7.11 Å². The molecular weight excluding hydrogens is 441 g/mol. The molecule has 1 aromatic rings. The van der Waals surface area contributed by atoms with Gasteiger partial charge in [-0.05, 0) is 29.5 Å². The van der Waals surface area contributed by atoms with E-state index in [2.05, 4.69) is 10.6 Å². The Morgan fingerprint density at radius 1 is 1.27 bits per heavy atom. The number of alkyl halides is 3. The van der Waals surface area contributed by atoms with Crippen LogP contribution in [0.4, 0.5) is 5.69 Å². The van der Waals surface area contributed by atoms with Gasteiger partial charge in [0.15, 0.2) is 0 Å². The van der Waals surface area contributed by atoms with Gasteiger partial charge in [-0.15, -0.1) is 0 Å². The fraction of sp³-hybridized carbons (Fsp3) is 0.471. The third-order valence-electron chi connectivity index (χ3n) is 4.52. The number of rotatable bonds is 6. The number of allylic oxidation sites excluding steroid dienone is 1. The topological polar surface area (TPSA) is 50.4 Å². The Balaban J connectivity index is 2.17. The van der Waals surface area contributed by atoms with Gasteiger partial charge in [-0.2, -0.15) is 0 Å². The molecule has 9 heteroatoms. The highest BCUT2D eigenvalue weighted by atomic mass is 35.6. The summed E-state index contributed by atoms with van der Waals surface area (Å²) in [4.78, 5) is 12.7. The van der Waals surface area contributed by atoms with Gasteiger partial charge >= 0.3 is 0 Å². The molecule has 0 aromatic heterocycles. The van der Waals surface area contributed by atoms with Crippen molar-refractivity contribution in [2.75, 3.05) is 12.4 Å². The van der Waals surface area contributed by atoms with E-state index in [0.717, 1.165) is 0 Å². The van der Waals surface area contributed by atoms with E-state index >= 15 is 0 Å². The molecule has 144 valence electrons. The van der Waals surface area contributed by atoms with Crippen molar-refractivity contribution in [3.05, 3.63) is 34.8 Å². The van der Waals surface area contributed by atoms with Crippen LogP contribution in [0.2, 0.25) is 0 Å². The molecule has 1 saturated carbocycles. The van der Waals surface area contributed by atoms with Crippen LogP contribution in [-0.2, 0) is 4.79 Å². The molecule has 0 aliphatic heterocycles. The smallest absolute Gasteiger partial charge is 0.228 e. The van der Waals surface area contributed by atoms with E-state index in [0.29, 0.717) is 11.4 Å². The molecule has 0 saturated heterocycles. The van der Waals surface area contributed by atoms with Gasteiger partial charge in [-0.1, -0.05) is 84.0 Å². The molecule has 0 heterocycles. The number of nitrogens with one attached hydrogen (secondary N) is 2.